The molecular weight excluding hydrogens is 536 g/mol. The number of anilines is 2. The fourth-order valence-electron chi connectivity index (χ4n) is 7.06. The number of hydrogen-bond acceptors (Lipinski definition) is 7. The Labute approximate surface area is 254 Å². The highest BCUT2D eigenvalue weighted by Crippen LogP contribution is 2.29. The molecule has 7 rings (SSSR count). The van der Waals surface area contributed by atoms with Crippen LogP contribution in [0.4, 0.5) is 11.8 Å². The average Bonchev–Trinajstić information content (AvgIpc) is 3.71. The molecule has 0 bridgehead atoms. The Balaban J connectivity index is 1.02. The van der Waals surface area contributed by atoms with Gasteiger partial charge in [0.2, 0.25) is 5.52 Å². The van der Waals surface area contributed by atoms with Crippen molar-refractivity contribution in [3.05, 3.63) is 66.5 Å². The molecule has 9 nitrogen and oxygen atoms in total. The van der Waals surface area contributed by atoms with Crippen LogP contribution in [-0.2, 0) is 6.54 Å². The number of fused-ring (bicyclic) bond motifs is 1. The van der Waals surface area contributed by atoms with Crippen LogP contribution in [0.2, 0.25) is 0 Å². The van der Waals surface area contributed by atoms with Crippen LogP contribution in [0.3, 0.4) is 0 Å². The number of rotatable bonds is 9. The Morgan fingerprint density at radius 3 is 2.37 bits per heavy atom. The van der Waals surface area contributed by atoms with Gasteiger partial charge >= 0.3 is 11.6 Å². The van der Waals surface area contributed by atoms with Crippen molar-refractivity contribution in [2.75, 3.05) is 23.7 Å². The molecule has 1 aliphatic heterocycles. The van der Waals surface area contributed by atoms with E-state index in [2.05, 4.69) is 49.6 Å². The number of nitrogens with one attached hydrogen (secondary N) is 3. The maximum atomic E-state index is 6.17. The molecule has 0 spiro atoms. The number of nitrogens with two attached hydrogens (primary N) is 1. The van der Waals surface area contributed by atoms with E-state index in [4.69, 9.17) is 20.4 Å². The largest absolute Gasteiger partial charge is 0.457 e. The summed E-state index contributed by atoms with van der Waals surface area (Å²) >= 11 is 0. The first kappa shape index (κ1) is 28.1. The van der Waals surface area contributed by atoms with Crippen LogP contribution in [-0.4, -0.2) is 51.1 Å². The quantitative estimate of drug-likeness (QED) is 0.182. The van der Waals surface area contributed by atoms with Gasteiger partial charge in [0, 0.05) is 37.8 Å². The van der Waals surface area contributed by atoms with Gasteiger partial charge in [0.15, 0.2) is 12.1 Å². The Morgan fingerprint density at radius 1 is 0.837 bits per heavy atom. The van der Waals surface area contributed by atoms with Gasteiger partial charge < -0.3 is 21.1 Å². The number of imidazole rings is 1. The Morgan fingerprint density at radius 2 is 1.58 bits per heavy atom. The van der Waals surface area contributed by atoms with Crippen molar-refractivity contribution < 1.29 is 9.30 Å². The molecule has 3 aliphatic rings. The van der Waals surface area contributed by atoms with E-state index in [0.717, 1.165) is 92.6 Å². The number of para-hydroxylation sites is 1. The first-order valence-corrected chi connectivity index (χ1v) is 16.3. The number of H-pyrrole nitrogens is 1. The van der Waals surface area contributed by atoms with Crippen molar-refractivity contribution >= 4 is 22.9 Å². The van der Waals surface area contributed by atoms with Crippen LogP contribution in [0.1, 0.15) is 75.8 Å². The van der Waals surface area contributed by atoms with Gasteiger partial charge in [0.05, 0.1) is 6.04 Å². The van der Waals surface area contributed by atoms with Crippen LogP contribution in [0.25, 0.3) is 11.2 Å². The summed E-state index contributed by atoms with van der Waals surface area (Å²) in [7, 11) is 0. The van der Waals surface area contributed by atoms with Crippen molar-refractivity contribution in [1.29, 1.82) is 0 Å². The molecule has 1 saturated heterocycles. The summed E-state index contributed by atoms with van der Waals surface area (Å²) < 4.78 is 8.42. The van der Waals surface area contributed by atoms with Crippen molar-refractivity contribution in [3.8, 4) is 11.5 Å². The fourth-order valence-corrected chi connectivity index (χ4v) is 7.06. The van der Waals surface area contributed by atoms with Crippen LogP contribution in [0, 0.1) is 0 Å². The first-order valence-electron chi connectivity index (χ1n) is 16.3. The van der Waals surface area contributed by atoms with Gasteiger partial charge in [-0.1, -0.05) is 35.3 Å². The number of aromatic amines is 1. The summed E-state index contributed by atoms with van der Waals surface area (Å²) in [6, 6.07) is 20.0. The number of likely N-dealkylation sites (tertiary alicyclic amines) is 1. The Kier molecular flexibility index (Phi) is 8.43. The molecule has 2 saturated carbocycles. The number of piperidine rings is 1. The predicted molar refractivity (Wildman–Crippen MR) is 170 cm³/mol. The van der Waals surface area contributed by atoms with Crippen molar-refractivity contribution in [2.24, 2.45) is 5.73 Å². The van der Waals surface area contributed by atoms with E-state index in [-0.39, 0.29) is 0 Å². The zero-order valence-electron chi connectivity index (χ0n) is 25.0. The van der Waals surface area contributed by atoms with E-state index in [0.29, 0.717) is 24.2 Å². The third-order valence-electron chi connectivity index (χ3n) is 9.52. The highest BCUT2D eigenvalue weighted by molar-refractivity contribution is 5.81. The lowest BCUT2D eigenvalue weighted by molar-refractivity contribution is -0.698. The van der Waals surface area contributed by atoms with Gasteiger partial charge in [-0.2, -0.15) is 4.98 Å². The first-order chi connectivity index (χ1) is 21.2. The summed E-state index contributed by atoms with van der Waals surface area (Å²) in [5.41, 5.74) is 9.47. The molecule has 4 aromatic rings. The molecule has 0 amide bonds. The minimum Gasteiger partial charge on any atom is -0.457 e. The zero-order valence-corrected chi connectivity index (χ0v) is 25.0. The summed E-state index contributed by atoms with van der Waals surface area (Å²) in [6.07, 6.45) is 13.5. The van der Waals surface area contributed by atoms with Gasteiger partial charge in [0.1, 0.15) is 11.5 Å². The summed E-state index contributed by atoms with van der Waals surface area (Å²) in [4.78, 5) is 16.2. The van der Waals surface area contributed by atoms with Crippen molar-refractivity contribution in [2.45, 2.75) is 94.9 Å². The molecule has 3 fully saturated rings. The number of benzene rings is 2. The van der Waals surface area contributed by atoms with E-state index < -0.39 is 0 Å². The lowest BCUT2D eigenvalue weighted by atomic mass is 9.92. The summed E-state index contributed by atoms with van der Waals surface area (Å²) in [5, 5.41) is 7.50. The maximum Gasteiger partial charge on any atom is 0.309 e. The molecule has 3 heterocycles. The van der Waals surface area contributed by atoms with E-state index in [9.17, 15) is 0 Å². The van der Waals surface area contributed by atoms with E-state index >= 15 is 0 Å². The molecule has 43 heavy (non-hydrogen) atoms. The number of nitrogens with zero attached hydrogens (tertiary/aromatic N) is 4. The lowest BCUT2D eigenvalue weighted by Crippen LogP contribution is -2.39. The van der Waals surface area contributed by atoms with Gasteiger partial charge in [-0.3, -0.25) is 9.88 Å². The topological polar surface area (TPSA) is 108 Å². The minimum atomic E-state index is 0.324. The molecule has 2 aromatic carbocycles. The standard InChI is InChI=1S/C34H44N8O/c35-25-13-15-26(16-14-25)38-34-39-32(31-33(40-34)42(23-36-31)28-8-4-5-9-28)37-27-17-19-41(20-18-27)22-24-7-6-12-30(21-24)43-29-10-2-1-3-11-29/h1-3,6-7,10-12,21,23,25-28H,4-5,8-9,13-20,22,35H2,(H2,37,38,39,40)/p+1. The maximum absolute atomic E-state index is 6.17. The second-order valence-electron chi connectivity index (χ2n) is 12.7. The average molecular weight is 582 g/mol. The minimum absolute atomic E-state index is 0.324. The van der Waals surface area contributed by atoms with Crippen LogP contribution >= 0.6 is 0 Å². The SMILES string of the molecule is NC1CCC(Nc2nc(NC3CCN(Cc4cccc(Oc5ccccc5)c4)CC3)c3[nH]c[n+](C4CCCC4)c3n2)CC1. The highest BCUT2D eigenvalue weighted by Gasteiger charge is 2.29. The smallest absolute Gasteiger partial charge is 0.309 e. The summed E-state index contributed by atoms with van der Waals surface area (Å²) in [5.74, 6) is 3.40. The molecule has 0 unspecified atom stereocenters. The Bertz CT molecular complexity index is 1490. The molecule has 226 valence electrons. The van der Waals surface area contributed by atoms with Crippen LogP contribution in [0.15, 0.2) is 60.9 Å². The molecular formula is C34H45N8O+. The van der Waals surface area contributed by atoms with Gasteiger partial charge in [0.25, 0.3) is 0 Å². The Hall–Kier alpha value is -3.69. The second kappa shape index (κ2) is 12.9. The zero-order chi connectivity index (χ0) is 29.0. The third-order valence-corrected chi connectivity index (χ3v) is 9.52. The monoisotopic (exact) mass is 581 g/mol. The lowest BCUT2D eigenvalue weighted by Gasteiger charge is -2.32. The summed E-state index contributed by atoms with van der Waals surface area (Å²) in [6.45, 7) is 3.00. The van der Waals surface area contributed by atoms with E-state index in [1.165, 1.54) is 31.2 Å². The van der Waals surface area contributed by atoms with Gasteiger partial charge in [-0.05, 0) is 94.0 Å². The number of ether oxygens (including phenoxy) is 1. The number of aromatic nitrogens is 4. The number of hydrogen-bond donors (Lipinski definition) is 4. The van der Waals surface area contributed by atoms with Crippen molar-refractivity contribution in [1.82, 2.24) is 19.9 Å². The van der Waals surface area contributed by atoms with Crippen LogP contribution in [0.5, 0.6) is 11.5 Å². The molecule has 0 atom stereocenters. The van der Waals surface area contributed by atoms with Crippen molar-refractivity contribution in [3.63, 3.8) is 0 Å². The van der Waals surface area contributed by atoms with Gasteiger partial charge in [-0.15, -0.1) is 0 Å². The molecule has 0 radical (unpaired) electrons. The molecule has 9 heteroatoms. The van der Waals surface area contributed by atoms with Crippen LogP contribution < -0.4 is 25.7 Å². The van der Waals surface area contributed by atoms with E-state index in [1.54, 1.807) is 0 Å². The second-order valence-corrected chi connectivity index (χ2v) is 12.7. The normalized spacial score (nSPS) is 22.2. The predicted octanol–water partition coefficient (Wildman–Crippen LogP) is 5.91. The highest BCUT2D eigenvalue weighted by atomic mass is 16.5. The molecule has 5 N–H and O–H groups in total. The molecule has 2 aliphatic carbocycles. The van der Waals surface area contributed by atoms with E-state index in [1.807, 2.05) is 36.4 Å². The van der Waals surface area contributed by atoms with Gasteiger partial charge in [-0.25, -0.2) is 4.57 Å². The molecule has 2 aromatic heterocycles. The third kappa shape index (κ3) is 6.78. The fraction of sp³-hybridized carbons (Fsp3) is 0.500.